The van der Waals surface area contributed by atoms with Gasteiger partial charge in [-0.2, -0.15) is 0 Å². The van der Waals surface area contributed by atoms with E-state index in [4.69, 9.17) is 9.62 Å². The van der Waals surface area contributed by atoms with Crippen molar-refractivity contribution in [2.24, 2.45) is 5.16 Å². The van der Waals surface area contributed by atoms with Gasteiger partial charge in [0, 0.05) is 9.86 Å². The Morgan fingerprint density at radius 3 is 2.71 bits per heavy atom. The summed E-state index contributed by atoms with van der Waals surface area (Å²) in [6, 6.07) is 5.24. The predicted octanol–water partition coefficient (Wildman–Crippen LogP) is 3.52. The third-order valence-electron chi connectivity index (χ3n) is 2.29. The van der Waals surface area contributed by atoms with Crippen LogP contribution in [0.3, 0.4) is 0 Å². The van der Waals surface area contributed by atoms with Gasteiger partial charge < -0.3 is 9.62 Å². The molecule has 0 saturated heterocycles. The summed E-state index contributed by atoms with van der Waals surface area (Å²) in [5.74, 6) is 0. The molecule has 88 valence electrons. The Bertz CT molecular complexity index is 676. The van der Waals surface area contributed by atoms with E-state index in [-0.39, 0.29) is 11.3 Å². The SMILES string of the molecule is C/C(=N/O)c1cc2cc(Br)cc(Br)c2oc1=O. The van der Waals surface area contributed by atoms with Crippen molar-refractivity contribution in [3.8, 4) is 0 Å². The average molecular weight is 361 g/mol. The molecule has 2 aromatic rings. The third-order valence-corrected chi connectivity index (χ3v) is 3.34. The van der Waals surface area contributed by atoms with Gasteiger partial charge >= 0.3 is 5.63 Å². The molecule has 1 aromatic heterocycles. The van der Waals surface area contributed by atoms with Crippen molar-refractivity contribution in [2.45, 2.75) is 6.92 Å². The number of benzene rings is 1. The summed E-state index contributed by atoms with van der Waals surface area (Å²) in [7, 11) is 0. The van der Waals surface area contributed by atoms with E-state index >= 15 is 0 Å². The molecule has 6 heteroatoms. The number of fused-ring (bicyclic) bond motifs is 1. The lowest BCUT2D eigenvalue weighted by atomic mass is 10.1. The van der Waals surface area contributed by atoms with Crippen LogP contribution >= 0.6 is 31.9 Å². The highest BCUT2D eigenvalue weighted by Crippen LogP contribution is 2.28. The molecule has 0 spiro atoms. The van der Waals surface area contributed by atoms with Gasteiger partial charge in [0.25, 0.3) is 0 Å². The minimum absolute atomic E-state index is 0.219. The van der Waals surface area contributed by atoms with Crippen molar-refractivity contribution in [1.29, 1.82) is 0 Å². The third kappa shape index (κ3) is 2.28. The van der Waals surface area contributed by atoms with Crippen molar-refractivity contribution in [3.63, 3.8) is 0 Å². The Kier molecular flexibility index (Phi) is 3.35. The zero-order valence-corrected chi connectivity index (χ0v) is 11.9. The van der Waals surface area contributed by atoms with Crippen molar-refractivity contribution in [3.05, 3.63) is 43.1 Å². The maximum absolute atomic E-state index is 11.7. The fraction of sp³-hybridized carbons (Fsp3) is 0.0909. The van der Waals surface area contributed by atoms with Gasteiger partial charge in [0.05, 0.1) is 15.7 Å². The molecule has 4 nitrogen and oxygen atoms in total. The molecule has 0 fully saturated rings. The zero-order valence-electron chi connectivity index (χ0n) is 8.70. The number of oxime groups is 1. The molecular weight excluding hydrogens is 354 g/mol. The predicted molar refractivity (Wildman–Crippen MR) is 71.9 cm³/mol. The summed E-state index contributed by atoms with van der Waals surface area (Å²) in [5, 5.41) is 12.4. The summed E-state index contributed by atoms with van der Waals surface area (Å²) in [6.45, 7) is 1.53. The molecule has 0 bridgehead atoms. The van der Waals surface area contributed by atoms with Crippen molar-refractivity contribution < 1.29 is 9.62 Å². The molecule has 0 aliphatic carbocycles. The maximum Gasteiger partial charge on any atom is 0.345 e. The van der Waals surface area contributed by atoms with Gasteiger partial charge in [-0.3, -0.25) is 0 Å². The van der Waals surface area contributed by atoms with Gasteiger partial charge in [0.1, 0.15) is 0 Å². The van der Waals surface area contributed by atoms with Crippen LogP contribution in [0.1, 0.15) is 12.5 Å². The largest absolute Gasteiger partial charge is 0.421 e. The van der Waals surface area contributed by atoms with E-state index in [0.717, 1.165) is 9.86 Å². The van der Waals surface area contributed by atoms with Gasteiger partial charge in [-0.05, 0) is 41.1 Å². The highest BCUT2D eigenvalue weighted by atomic mass is 79.9. The lowest BCUT2D eigenvalue weighted by molar-refractivity contribution is 0.319. The normalized spacial score (nSPS) is 12.1. The molecular formula is C11H7Br2NO3. The van der Waals surface area contributed by atoms with Gasteiger partial charge in [-0.25, -0.2) is 4.79 Å². The molecule has 0 unspecified atom stereocenters. The van der Waals surface area contributed by atoms with E-state index < -0.39 is 5.63 Å². The lowest BCUT2D eigenvalue weighted by Gasteiger charge is -2.03. The minimum Gasteiger partial charge on any atom is -0.421 e. The van der Waals surface area contributed by atoms with Crippen molar-refractivity contribution in [2.75, 3.05) is 0 Å². The topological polar surface area (TPSA) is 62.8 Å². The van der Waals surface area contributed by atoms with E-state index in [1.54, 1.807) is 12.1 Å². The summed E-state index contributed by atoms with van der Waals surface area (Å²) in [6.07, 6.45) is 0. The monoisotopic (exact) mass is 359 g/mol. The van der Waals surface area contributed by atoms with Crippen molar-refractivity contribution >= 4 is 48.5 Å². The Labute approximate surface area is 113 Å². The van der Waals surface area contributed by atoms with E-state index in [2.05, 4.69) is 37.0 Å². The fourth-order valence-electron chi connectivity index (χ4n) is 1.46. The minimum atomic E-state index is -0.532. The molecule has 0 saturated carbocycles. The number of nitrogens with zero attached hydrogens (tertiary/aromatic N) is 1. The van der Waals surface area contributed by atoms with E-state index in [0.29, 0.717) is 10.1 Å². The molecule has 1 heterocycles. The first-order chi connectivity index (χ1) is 8.02. The van der Waals surface area contributed by atoms with Crippen molar-refractivity contribution in [1.82, 2.24) is 0 Å². The highest BCUT2D eigenvalue weighted by Gasteiger charge is 2.11. The van der Waals surface area contributed by atoms with Crippen LogP contribution in [0.15, 0.2) is 41.5 Å². The molecule has 0 aliphatic rings. The molecule has 0 radical (unpaired) electrons. The Morgan fingerprint density at radius 2 is 2.06 bits per heavy atom. The first kappa shape index (κ1) is 12.3. The van der Waals surface area contributed by atoms with Crippen LogP contribution in [0.5, 0.6) is 0 Å². The standard InChI is InChI=1S/C11H7Br2NO3/c1-5(14-16)8-3-6-2-7(12)4-9(13)10(6)17-11(8)15/h2-4,16H,1H3/b14-5-. The van der Waals surface area contributed by atoms with Crippen LogP contribution < -0.4 is 5.63 Å². The summed E-state index contributed by atoms with van der Waals surface area (Å²) in [4.78, 5) is 11.7. The fourth-order valence-corrected chi connectivity index (χ4v) is 2.80. The van der Waals surface area contributed by atoms with Gasteiger partial charge in [-0.1, -0.05) is 21.1 Å². The smallest absolute Gasteiger partial charge is 0.345 e. The van der Waals surface area contributed by atoms with E-state index in [9.17, 15) is 4.79 Å². The van der Waals surface area contributed by atoms with Gasteiger partial charge in [0.2, 0.25) is 0 Å². The molecule has 0 amide bonds. The van der Waals surface area contributed by atoms with Crippen LogP contribution in [0.25, 0.3) is 11.0 Å². The second-order valence-corrected chi connectivity index (χ2v) is 5.21. The lowest BCUT2D eigenvalue weighted by Crippen LogP contribution is -2.12. The first-order valence-electron chi connectivity index (χ1n) is 4.65. The van der Waals surface area contributed by atoms with Crippen LogP contribution in [-0.4, -0.2) is 10.9 Å². The summed E-state index contributed by atoms with van der Waals surface area (Å²) in [5.41, 5.74) is 0.394. The van der Waals surface area contributed by atoms with Gasteiger partial charge in [-0.15, -0.1) is 0 Å². The molecule has 0 atom stereocenters. The highest BCUT2D eigenvalue weighted by molar-refractivity contribution is 9.11. The zero-order chi connectivity index (χ0) is 12.6. The van der Waals surface area contributed by atoms with Crippen LogP contribution in [0.4, 0.5) is 0 Å². The molecule has 1 N–H and O–H groups in total. The number of halogens is 2. The molecule has 1 aromatic carbocycles. The quantitative estimate of drug-likeness (QED) is 0.366. The second kappa shape index (κ2) is 4.62. The maximum atomic E-state index is 11.7. The second-order valence-electron chi connectivity index (χ2n) is 3.44. The number of hydrogen-bond acceptors (Lipinski definition) is 4. The summed E-state index contributed by atoms with van der Waals surface area (Å²) >= 11 is 6.67. The first-order valence-corrected chi connectivity index (χ1v) is 6.23. The number of hydrogen-bond donors (Lipinski definition) is 1. The van der Waals surface area contributed by atoms with Gasteiger partial charge in [0.15, 0.2) is 5.58 Å². The Morgan fingerprint density at radius 1 is 1.35 bits per heavy atom. The Hall–Kier alpha value is -1.14. The number of rotatable bonds is 1. The molecule has 2 rings (SSSR count). The summed E-state index contributed by atoms with van der Waals surface area (Å²) < 4.78 is 6.73. The Balaban J connectivity index is 2.85. The molecule has 0 aliphatic heterocycles. The van der Waals surface area contributed by atoms with Crippen LogP contribution in [0.2, 0.25) is 0 Å². The van der Waals surface area contributed by atoms with Crippen LogP contribution in [0, 0.1) is 0 Å². The average Bonchev–Trinajstić information content (AvgIpc) is 2.28. The van der Waals surface area contributed by atoms with Crippen LogP contribution in [-0.2, 0) is 0 Å². The molecule has 17 heavy (non-hydrogen) atoms. The van der Waals surface area contributed by atoms with E-state index in [1.807, 2.05) is 6.07 Å². The van der Waals surface area contributed by atoms with E-state index in [1.165, 1.54) is 6.92 Å².